The summed E-state index contributed by atoms with van der Waals surface area (Å²) in [5, 5.41) is 6.47. The number of hydrogen-bond acceptors (Lipinski definition) is 5. The maximum atomic E-state index is 13.9. The molecule has 2 aromatic carbocycles. The lowest BCUT2D eigenvalue weighted by atomic mass is 9.68. The smallest absolute Gasteiger partial charge is 0.334 e. The number of hydrogen-bond donors (Lipinski definition) is 1. The first-order valence-electron chi connectivity index (χ1n) is 15.3. The van der Waals surface area contributed by atoms with Crippen LogP contribution in [0.3, 0.4) is 0 Å². The Morgan fingerprint density at radius 2 is 1.86 bits per heavy atom. The fourth-order valence-corrected chi connectivity index (χ4v) is 7.91. The molecule has 0 aromatic heterocycles. The average Bonchev–Trinajstić information content (AvgIpc) is 3.08. The molecule has 43 heavy (non-hydrogen) atoms. The van der Waals surface area contributed by atoms with Crippen molar-refractivity contribution in [3.8, 4) is 0 Å². The number of fused-ring (bicyclic) bond motifs is 2. The zero-order chi connectivity index (χ0) is 29.7. The highest BCUT2D eigenvalue weighted by molar-refractivity contribution is 5.83. The van der Waals surface area contributed by atoms with Crippen molar-refractivity contribution in [2.24, 2.45) is 0 Å². The number of allylic oxidation sites excluding steroid dienone is 3. The molecule has 3 amide bonds. The highest BCUT2D eigenvalue weighted by atomic mass is 19.1. The molecule has 1 N–H and O–H groups in total. The molecule has 2 aromatic rings. The summed E-state index contributed by atoms with van der Waals surface area (Å²) >= 11 is 0. The number of urea groups is 1. The molecule has 7 rings (SSSR count). The molecule has 3 bridgehead atoms. The standard InChI is InChI=1S/C34H38FN5O3/c1-3-9-28-34-29-13-8-7-12-25(18-30(34)43-29)27(24-10-5-4-6-11-24)20-38(34)21-31-39(28)32(41)22-37(2)40(31)33(42)36-19-23-14-16-26(35)17-15-23/h4-8,10-18,27-31H,3,9,19-22H2,1-2H3,(H,36,42)/b12-7?,13-8-/t27?,28-,29?,30?,31-,34?/m0/s1. The molecule has 3 saturated heterocycles. The maximum absolute atomic E-state index is 13.9. The molecule has 0 saturated carbocycles. The molecule has 5 aliphatic rings. The van der Waals surface area contributed by atoms with Gasteiger partial charge in [0.1, 0.15) is 29.7 Å². The van der Waals surface area contributed by atoms with Crippen LogP contribution < -0.4 is 5.32 Å². The third-order valence-corrected chi connectivity index (χ3v) is 9.79. The first-order valence-corrected chi connectivity index (χ1v) is 15.3. The summed E-state index contributed by atoms with van der Waals surface area (Å²) in [5.41, 5.74) is 2.81. The van der Waals surface area contributed by atoms with E-state index in [4.69, 9.17) is 4.74 Å². The van der Waals surface area contributed by atoms with Crippen molar-refractivity contribution in [2.75, 3.05) is 26.7 Å². The Labute approximate surface area is 252 Å². The SMILES string of the molecule is CCC[C@@H]1N2C(=O)CN(C)N(C(=O)NCc3ccc(F)cc3)[C@H]2CN2CC(c3ccccc3)C3=CC4OC(/C=C\C=C3)C412. The van der Waals surface area contributed by atoms with Gasteiger partial charge in [-0.3, -0.25) is 9.69 Å². The van der Waals surface area contributed by atoms with Crippen molar-refractivity contribution in [1.82, 2.24) is 25.1 Å². The molecule has 8 nitrogen and oxygen atoms in total. The van der Waals surface area contributed by atoms with E-state index in [1.54, 1.807) is 29.2 Å². The van der Waals surface area contributed by atoms with Crippen LogP contribution in [0.5, 0.6) is 0 Å². The predicted molar refractivity (Wildman–Crippen MR) is 161 cm³/mol. The number of carbonyl (C=O) groups is 2. The largest absolute Gasteiger partial charge is 0.363 e. The van der Waals surface area contributed by atoms with E-state index >= 15 is 0 Å². The molecular weight excluding hydrogens is 545 g/mol. The van der Waals surface area contributed by atoms with Gasteiger partial charge in [0.05, 0.1) is 12.6 Å². The van der Waals surface area contributed by atoms with Crippen molar-refractivity contribution in [3.05, 3.63) is 107 Å². The first kappa shape index (κ1) is 28.0. The van der Waals surface area contributed by atoms with Gasteiger partial charge in [-0.2, -0.15) is 0 Å². The van der Waals surface area contributed by atoms with Crippen molar-refractivity contribution < 1.29 is 18.7 Å². The van der Waals surface area contributed by atoms with Crippen LogP contribution >= 0.6 is 0 Å². The maximum Gasteiger partial charge on any atom is 0.334 e. The summed E-state index contributed by atoms with van der Waals surface area (Å²) in [5.74, 6) is -0.178. The minimum Gasteiger partial charge on any atom is -0.363 e. The summed E-state index contributed by atoms with van der Waals surface area (Å²) in [4.78, 5) is 32.3. The number of hydrazine groups is 1. The zero-order valence-electron chi connectivity index (χ0n) is 24.6. The monoisotopic (exact) mass is 583 g/mol. The molecule has 5 aliphatic heterocycles. The number of likely N-dealkylation sites (N-methyl/N-ethyl adjacent to an activating group) is 1. The van der Waals surface area contributed by atoms with Crippen molar-refractivity contribution in [3.63, 3.8) is 0 Å². The van der Waals surface area contributed by atoms with Crippen LogP contribution in [0.25, 0.3) is 0 Å². The lowest BCUT2D eigenvalue weighted by Crippen LogP contribution is -2.88. The third-order valence-electron chi connectivity index (χ3n) is 9.79. The van der Waals surface area contributed by atoms with Crippen LogP contribution in [0.4, 0.5) is 9.18 Å². The minimum atomic E-state index is -0.482. The number of nitrogens with one attached hydrogen (secondary N) is 1. The summed E-state index contributed by atoms with van der Waals surface area (Å²) in [6, 6.07) is 16.2. The second kappa shape index (κ2) is 11.0. The molecule has 0 radical (unpaired) electrons. The van der Waals surface area contributed by atoms with Crippen LogP contribution in [-0.2, 0) is 16.1 Å². The Hall–Kier alpha value is -3.79. The van der Waals surface area contributed by atoms with Gasteiger partial charge in [-0.1, -0.05) is 80.1 Å². The number of nitrogens with zero attached hydrogens (tertiary/aromatic N) is 4. The van der Waals surface area contributed by atoms with Crippen LogP contribution in [0, 0.1) is 5.82 Å². The quantitative estimate of drug-likeness (QED) is 0.572. The van der Waals surface area contributed by atoms with Crippen LogP contribution in [0.15, 0.2) is 90.6 Å². The van der Waals surface area contributed by atoms with Gasteiger partial charge in [0.2, 0.25) is 5.91 Å². The van der Waals surface area contributed by atoms with E-state index in [1.807, 2.05) is 11.0 Å². The zero-order valence-corrected chi connectivity index (χ0v) is 24.6. The van der Waals surface area contributed by atoms with Crippen LogP contribution in [-0.4, -0.2) is 88.4 Å². The van der Waals surface area contributed by atoms with E-state index in [0.717, 1.165) is 24.9 Å². The molecule has 0 aliphatic carbocycles. The van der Waals surface area contributed by atoms with Gasteiger partial charge in [-0.05, 0) is 41.3 Å². The Morgan fingerprint density at radius 3 is 2.63 bits per heavy atom. The molecule has 1 spiro atoms. The van der Waals surface area contributed by atoms with E-state index in [1.165, 1.54) is 23.3 Å². The highest BCUT2D eigenvalue weighted by Gasteiger charge is 2.69. The van der Waals surface area contributed by atoms with Crippen LogP contribution in [0.1, 0.15) is 36.8 Å². The van der Waals surface area contributed by atoms with E-state index in [-0.39, 0.29) is 55.0 Å². The summed E-state index contributed by atoms with van der Waals surface area (Å²) in [6.45, 7) is 3.77. The molecule has 5 heterocycles. The van der Waals surface area contributed by atoms with Gasteiger partial charge in [-0.15, -0.1) is 0 Å². The van der Waals surface area contributed by atoms with E-state index in [0.29, 0.717) is 6.54 Å². The fraction of sp³-hybridized carbons (Fsp3) is 0.412. The number of amides is 3. The fourth-order valence-electron chi connectivity index (χ4n) is 7.91. The number of ether oxygens (including phenoxy) is 1. The molecular formula is C34H38FN5O3. The van der Waals surface area contributed by atoms with Gasteiger partial charge in [-0.25, -0.2) is 19.2 Å². The Kier molecular flexibility index (Phi) is 7.19. The molecule has 224 valence electrons. The predicted octanol–water partition coefficient (Wildman–Crippen LogP) is 4.19. The van der Waals surface area contributed by atoms with Gasteiger partial charge < -0.3 is 15.0 Å². The Morgan fingerprint density at radius 1 is 1.07 bits per heavy atom. The van der Waals surface area contributed by atoms with E-state index in [9.17, 15) is 14.0 Å². The van der Waals surface area contributed by atoms with Crippen molar-refractivity contribution in [2.45, 2.75) is 62.2 Å². The van der Waals surface area contributed by atoms with E-state index < -0.39 is 11.7 Å². The Bertz CT molecular complexity index is 1480. The Balaban J connectivity index is 1.28. The topological polar surface area (TPSA) is 68.4 Å². The van der Waals surface area contributed by atoms with Gasteiger partial charge in [0, 0.05) is 32.6 Å². The number of halogens is 1. The first-order chi connectivity index (χ1) is 20.9. The third kappa shape index (κ3) is 4.53. The van der Waals surface area contributed by atoms with E-state index in [2.05, 4.69) is 71.8 Å². The lowest BCUT2D eigenvalue weighted by Gasteiger charge is -2.69. The minimum absolute atomic E-state index is 0.0250. The van der Waals surface area contributed by atoms with Crippen molar-refractivity contribution in [1.29, 1.82) is 0 Å². The molecule has 6 atom stereocenters. The number of rotatable bonds is 5. The molecule has 9 heteroatoms. The molecule has 4 unspecified atom stereocenters. The highest BCUT2D eigenvalue weighted by Crippen LogP contribution is 2.53. The normalized spacial score (nSPS) is 32.4. The number of piperazine rings is 1. The van der Waals surface area contributed by atoms with Crippen molar-refractivity contribution >= 4 is 11.9 Å². The summed E-state index contributed by atoms with van der Waals surface area (Å²) in [6.07, 6.45) is 11.6. The second-order valence-electron chi connectivity index (χ2n) is 12.2. The average molecular weight is 584 g/mol. The summed E-state index contributed by atoms with van der Waals surface area (Å²) < 4.78 is 20.0. The summed E-state index contributed by atoms with van der Waals surface area (Å²) in [7, 11) is 1.80. The van der Waals surface area contributed by atoms with Gasteiger partial charge in [0.15, 0.2) is 0 Å². The second-order valence-corrected chi connectivity index (χ2v) is 12.2. The number of carbonyl (C=O) groups excluding carboxylic acids is 2. The lowest BCUT2D eigenvalue weighted by molar-refractivity contribution is -0.285. The number of benzene rings is 2. The van der Waals surface area contributed by atoms with Gasteiger partial charge in [0.25, 0.3) is 0 Å². The molecule has 3 fully saturated rings. The van der Waals surface area contributed by atoms with Gasteiger partial charge >= 0.3 is 6.03 Å². The van der Waals surface area contributed by atoms with Crippen LogP contribution in [0.2, 0.25) is 0 Å².